The highest BCUT2D eigenvalue weighted by molar-refractivity contribution is 6.00. The first-order chi connectivity index (χ1) is 16.1. The lowest BCUT2D eigenvalue weighted by atomic mass is 10.1. The van der Waals surface area contributed by atoms with Gasteiger partial charge in [0.1, 0.15) is 11.8 Å². The molecule has 0 spiro atoms. The van der Waals surface area contributed by atoms with Crippen molar-refractivity contribution in [3.63, 3.8) is 0 Å². The molecule has 2 amide bonds. The second-order valence-corrected chi connectivity index (χ2v) is 7.29. The number of hydrogen-bond donors (Lipinski definition) is 3. The van der Waals surface area contributed by atoms with Crippen LogP contribution in [0.4, 0.5) is 16.3 Å². The number of phenolic OH excluding ortho intramolecular Hbond substituents is 1. The molecule has 1 aliphatic rings. The third-order valence-electron chi connectivity index (χ3n) is 4.79. The molecule has 0 aliphatic carbocycles. The van der Waals surface area contributed by atoms with Crippen molar-refractivity contribution in [1.29, 1.82) is 5.26 Å². The SMILES string of the molecule is C=CCCOc1nc(NC(=O)Nc2cc(CCOC3CCCCO3)ccc2O)cnc1C#N. The molecule has 1 saturated heterocycles. The predicted octanol–water partition coefficient (Wildman–Crippen LogP) is 3.74. The summed E-state index contributed by atoms with van der Waals surface area (Å²) in [5.74, 6) is 0.0327. The van der Waals surface area contributed by atoms with E-state index in [4.69, 9.17) is 19.5 Å². The zero-order chi connectivity index (χ0) is 23.5. The summed E-state index contributed by atoms with van der Waals surface area (Å²) in [7, 11) is 0. The minimum Gasteiger partial charge on any atom is -0.506 e. The average Bonchev–Trinajstić information content (AvgIpc) is 2.82. The molecule has 0 bridgehead atoms. The highest BCUT2D eigenvalue weighted by Gasteiger charge is 2.15. The van der Waals surface area contributed by atoms with E-state index in [9.17, 15) is 9.90 Å². The number of amides is 2. The smallest absolute Gasteiger partial charge is 0.325 e. The zero-order valence-electron chi connectivity index (χ0n) is 18.2. The number of carbonyl (C=O) groups is 1. The Kier molecular flexibility index (Phi) is 8.99. The number of nitrogens with zero attached hydrogens (tertiary/aromatic N) is 3. The first-order valence-electron chi connectivity index (χ1n) is 10.7. The van der Waals surface area contributed by atoms with E-state index in [1.807, 2.05) is 6.07 Å². The molecule has 0 radical (unpaired) electrons. The molecule has 33 heavy (non-hydrogen) atoms. The van der Waals surface area contributed by atoms with Gasteiger partial charge < -0.3 is 24.6 Å². The van der Waals surface area contributed by atoms with E-state index in [0.29, 0.717) is 19.4 Å². The maximum Gasteiger partial charge on any atom is 0.325 e. The molecule has 2 aromatic rings. The first kappa shape index (κ1) is 24.0. The predicted molar refractivity (Wildman–Crippen MR) is 121 cm³/mol. The van der Waals surface area contributed by atoms with Crippen LogP contribution in [0, 0.1) is 11.3 Å². The molecular weight excluding hydrogens is 426 g/mol. The van der Waals surface area contributed by atoms with Crippen LogP contribution in [0.3, 0.4) is 0 Å². The van der Waals surface area contributed by atoms with Crippen LogP contribution in [-0.4, -0.2) is 47.2 Å². The van der Waals surface area contributed by atoms with Crippen molar-refractivity contribution in [2.75, 3.05) is 30.5 Å². The maximum atomic E-state index is 12.4. The Morgan fingerprint density at radius 1 is 1.36 bits per heavy atom. The van der Waals surface area contributed by atoms with Gasteiger partial charge in [0.25, 0.3) is 5.88 Å². The van der Waals surface area contributed by atoms with Crippen LogP contribution in [-0.2, 0) is 15.9 Å². The molecule has 1 unspecified atom stereocenters. The summed E-state index contributed by atoms with van der Waals surface area (Å²) in [5, 5.41) is 24.4. The van der Waals surface area contributed by atoms with Crippen LogP contribution in [0.15, 0.2) is 37.1 Å². The minimum atomic E-state index is -0.634. The van der Waals surface area contributed by atoms with Crippen LogP contribution in [0.2, 0.25) is 0 Å². The van der Waals surface area contributed by atoms with Gasteiger partial charge in [-0.2, -0.15) is 10.2 Å². The van der Waals surface area contributed by atoms with Crippen molar-refractivity contribution in [3.05, 3.63) is 48.3 Å². The molecule has 1 atom stereocenters. The standard InChI is InChI=1S/C23H27N5O5/c1-2-3-10-33-22-18(14-24)25-15-20(27-22)28-23(30)26-17-13-16(7-8-19(17)29)9-12-32-21-6-4-5-11-31-21/h2,7-8,13,15,21,29H,1,3-6,9-12H2,(H2,26,27,28,30). The molecule has 10 heteroatoms. The van der Waals surface area contributed by atoms with Crippen LogP contribution in [0.1, 0.15) is 36.9 Å². The number of nitriles is 1. The first-order valence-corrected chi connectivity index (χ1v) is 10.7. The number of urea groups is 1. The topological polar surface area (TPSA) is 139 Å². The fraction of sp³-hybridized carbons (Fsp3) is 0.391. The van der Waals surface area contributed by atoms with Crippen molar-refractivity contribution in [1.82, 2.24) is 9.97 Å². The van der Waals surface area contributed by atoms with Crippen molar-refractivity contribution >= 4 is 17.5 Å². The summed E-state index contributed by atoms with van der Waals surface area (Å²) in [6, 6.07) is 6.21. The normalized spacial score (nSPS) is 15.3. The number of phenols is 1. The summed E-state index contributed by atoms with van der Waals surface area (Å²) in [6.45, 7) is 5.07. The number of rotatable bonds is 10. The Balaban J connectivity index is 1.57. The van der Waals surface area contributed by atoms with Gasteiger partial charge >= 0.3 is 6.03 Å². The van der Waals surface area contributed by atoms with Crippen LogP contribution in [0.25, 0.3) is 0 Å². The summed E-state index contributed by atoms with van der Waals surface area (Å²) >= 11 is 0. The lowest BCUT2D eigenvalue weighted by Gasteiger charge is -2.22. The Morgan fingerprint density at radius 2 is 2.24 bits per heavy atom. The molecule has 10 nitrogen and oxygen atoms in total. The molecule has 1 aromatic heterocycles. The van der Waals surface area contributed by atoms with Gasteiger partial charge in [-0.05, 0) is 49.8 Å². The fourth-order valence-electron chi connectivity index (χ4n) is 3.11. The van der Waals surface area contributed by atoms with E-state index in [-0.39, 0.29) is 41.7 Å². The summed E-state index contributed by atoms with van der Waals surface area (Å²) < 4.78 is 16.7. The maximum absolute atomic E-state index is 12.4. The van der Waals surface area contributed by atoms with Gasteiger partial charge in [0.15, 0.2) is 12.1 Å². The number of ether oxygens (including phenoxy) is 3. The second kappa shape index (κ2) is 12.4. The van der Waals surface area contributed by atoms with E-state index in [1.54, 1.807) is 18.2 Å². The van der Waals surface area contributed by atoms with Gasteiger partial charge in [-0.3, -0.25) is 5.32 Å². The van der Waals surface area contributed by atoms with E-state index < -0.39 is 6.03 Å². The van der Waals surface area contributed by atoms with Crippen LogP contribution < -0.4 is 15.4 Å². The molecular formula is C23H27N5O5. The number of aromatic hydroxyl groups is 1. The van der Waals surface area contributed by atoms with Crippen LogP contribution >= 0.6 is 0 Å². The molecule has 2 heterocycles. The molecule has 1 fully saturated rings. The summed E-state index contributed by atoms with van der Waals surface area (Å²) in [4.78, 5) is 20.5. The lowest BCUT2D eigenvalue weighted by Crippen LogP contribution is -2.23. The minimum absolute atomic E-state index is 0.0104. The van der Waals surface area contributed by atoms with Gasteiger partial charge in [0.05, 0.1) is 25.1 Å². The van der Waals surface area contributed by atoms with E-state index in [1.165, 1.54) is 12.3 Å². The van der Waals surface area contributed by atoms with Crippen LogP contribution in [0.5, 0.6) is 11.6 Å². The third-order valence-corrected chi connectivity index (χ3v) is 4.79. The van der Waals surface area contributed by atoms with Gasteiger partial charge in [0, 0.05) is 6.61 Å². The van der Waals surface area contributed by atoms with Crippen molar-refractivity contribution in [2.24, 2.45) is 0 Å². The number of benzene rings is 1. The lowest BCUT2D eigenvalue weighted by molar-refractivity contribution is -0.161. The second-order valence-electron chi connectivity index (χ2n) is 7.29. The molecule has 3 N–H and O–H groups in total. The van der Waals surface area contributed by atoms with E-state index in [0.717, 1.165) is 31.4 Å². The Morgan fingerprint density at radius 3 is 3.00 bits per heavy atom. The summed E-state index contributed by atoms with van der Waals surface area (Å²) in [5.41, 5.74) is 1.13. The Hall–Kier alpha value is -3.68. The highest BCUT2D eigenvalue weighted by atomic mass is 16.7. The Bertz CT molecular complexity index is 1000. The number of aromatic nitrogens is 2. The van der Waals surface area contributed by atoms with E-state index >= 15 is 0 Å². The van der Waals surface area contributed by atoms with Crippen molar-refractivity contribution in [2.45, 2.75) is 38.4 Å². The third kappa shape index (κ3) is 7.45. The molecule has 1 aromatic carbocycles. The monoisotopic (exact) mass is 453 g/mol. The summed E-state index contributed by atoms with van der Waals surface area (Å²) in [6.07, 6.45) is 6.97. The Labute approximate surface area is 192 Å². The highest BCUT2D eigenvalue weighted by Crippen LogP contribution is 2.25. The quantitative estimate of drug-likeness (QED) is 0.281. The molecule has 3 rings (SSSR count). The largest absolute Gasteiger partial charge is 0.506 e. The molecule has 174 valence electrons. The molecule has 1 aliphatic heterocycles. The van der Waals surface area contributed by atoms with Crippen molar-refractivity contribution < 1.29 is 24.1 Å². The number of nitrogens with one attached hydrogen (secondary N) is 2. The zero-order valence-corrected chi connectivity index (χ0v) is 18.2. The van der Waals surface area contributed by atoms with Gasteiger partial charge in [-0.25, -0.2) is 9.78 Å². The van der Waals surface area contributed by atoms with Gasteiger partial charge in [0.2, 0.25) is 5.69 Å². The number of anilines is 2. The molecule has 0 saturated carbocycles. The average molecular weight is 453 g/mol. The number of hydrogen-bond acceptors (Lipinski definition) is 8. The van der Waals surface area contributed by atoms with Crippen molar-refractivity contribution in [3.8, 4) is 17.7 Å². The van der Waals surface area contributed by atoms with Gasteiger partial charge in [-0.15, -0.1) is 6.58 Å². The van der Waals surface area contributed by atoms with E-state index in [2.05, 4.69) is 27.2 Å². The fourth-order valence-corrected chi connectivity index (χ4v) is 3.11. The number of carbonyl (C=O) groups excluding carboxylic acids is 1. The van der Waals surface area contributed by atoms with Gasteiger partial charge in [-0.1, -0.05) is 12.1 Å².